The minimum atomic E-state index is -0.883. The van der Waals surface area contributed by atoms with Gasteiger partial charge < -0.3 is 20.0 Å². The molecule has 0 heterocycles. The Bertz CT molecular complexity index is 327. The lowest BCUT2D eigenvalue weighted by atomic mass is 10.4. The standard InChI is InChI=1S/C10H18N2O7S/c1-17-10(14)9(11)7-20-6-8(13)5-18-3-2-4-19-12(15)16/h9H,2-7,11H2,1H3/t9-/m0/s1. The Balaban J connectivity index is 3.46. The fraction of sp³-hybridized carbons (Fsp3) is 0.800. The van der Waals surface area contributed by atoms with Gasteiger partial charge in [-0.1, -0.05) is 0 Å². The molecule has 0 aliphatic carbocycles. The lowest BCUT2D eigenvalue weighted by Gasteiger charge is -2.08. The fourth-order valence-electron chi connectivity index (χ4n) is 1.05. The molecule has 0 aromatic carbocycles. The van der Waals surface area contributed by atoms with Crippen LogP contribution in [-0.4, -0.2) is 61.3 Å². The highest BCUT2D eigenvalue weighted by atomic mass is 32.2. The third kappa shape index (κ3) is 10.5. The molecular formula is C10H18N2O7S. The maximum Gasteiger partial charge on any atom is 0.323 e. The van der Waals surface area contributed by atoms with Gasteiger partial charge in [0.2, 0.25) is 0 Å². The molecule has 2 N–H and O–H groups in total. The zero-order valence-electron chi connectivity index (χ0n) is 11.1. The van der Waals surface area contributed by atoms with Gasteiger partial charge in [0.05, 0.1) is 19.5 Å². The summed E-state index contributed by atoms with van der Waals surface area (Å²) in [5.41, 5.74) is 5.49. The molecule has 0 unspecified atom stereocenters. The van der Waals surface area contributed by atoms with Crippen LogP contribution < -0.4 is 5.73 Å². The quantitative estimate of drug-likeness (QED) is 0.217. The first-order valence-electron chi connectivity index (χ1n) is 5.75. The molecule has 0 saturated heterocycles. The van der Waals surface area contributed by atoms with E-state index in [0.29, 0.717) is 6.42 Å². The first kappa shape index (κ1) is 18.6. The first-order chi connectivity index (χ1) is 9.47. The van der Waals surface area contributed by atoms with Gasteiger partial charge in [0, 0.05) is 12.4 Å². The van der Waals surface area contributed by atoms with Gasteiger partial charge in [-0.05, 0) is 6.42 Å². The lowest BCUT2D eigenvalue weighted by Crippen LogP contribution is -2.34. The monoisotopic (exact) mass is 310 g/mol. The van der Waals surface area contributed by atoms with Gasteiger partial charge in [-0.3, -0.25) is 9.59 Å². The highest BCUT2D eigenvalue weighted by Gasteiger charge is 2.14. The summed E-state index contributed by atoms with van der Waals surface area (Å²) in [6.45, 7) is 0.0504. The summed E-state index contributed by atoms with van der Waals surface area (Å²) < 4.78 is 9.46. The summed E-state index contributed by atoms with van der Waals surface area (Å²) in [6, 6.07) is -0.752. The van der Waals surface area contributed by atoms with Crippen molar-refractivity contribution < 1.29 is 29.0 Å². The van der Waals surface area contributed by atoms with Crippen molar-refractivity contribution in [3.63, 3.8) is 0 Å². The molecule has 0 saturated carbocycles. The molecule has 10 heteroatoms. The van der Waals surface area contributed by atoms with Crippen LogP contribution in [0.15, 0.2) is 0 Å². The molecule has 0 spiro atoms. The number of nitrogens with zero attached hydrogens (tertiary/aromatic N) is 1. The molecule has 116 valence electrons. The highest BCUT2D eigenvalue weighted by Crippen LogP contribution is 2.03. The second-order valence-electron chi connectivity index (χ2n) is 3.65. The SMILES string of the molecule is COC(=O)[C@@H](N)CSCC(=O)COCCCO[N+](=O)[O-]. The summed E-state index contributed by atoms with van der Waals surface area (Å²) in [5.74, 6) is -0.209. The second kappa shape index (κ2) is 11.4. The van der Waals surface area contributed by atoms with E-state index in [9.17, 15) is 19.7 Å². The third-order valence-electron chi connectivity index (χ3n) is 1.96. The zero-order valence-corrected chi connectivity index (χ0v) is 11.9. The average molecular weight is 310 g/mol. The van der Waals surface area contributed by atoms with Gasteiger partial charge in [0.25, 0.3) is 5.09 Å². The van der Waals surface area contributed by atoms with Crippen molar-refractivity contribution in [2.24, 2.45) is 5.73 Å². The van der Waals surface area contributed by atoms with Gasteiger partial charge in [-0.15, -0.1) is 10.1 Å². The summed E-state index contributed by atoms with van der Waals surface area (Å²) in [4.78, 5) is 36.2. The van der Waals surface area contributed by atoms with E-state index in [1.165, 1.54) is 18.9 Å². The van der Waals surface area contributed by atoms with Crippen molar-refractivity contribution in [3.05, 3.63) is 10.1 Å². The molecular weight excluding hydrogens is 292 g/mol. The molecule has 0 rings (SSSR count). The predicted octanol–water partition coefficient (Wildman–Crippen LogP) is -0.596. The molecule has 0 aliphatic heterocycles. The summed E-state index contributed by atoms with van der Waals surface area (Å²) >= 11 is 1.22. The van der Waals surface area contributed by atoms with Gasteiger partial charge >= 0.3 is 5.97 Å². The van der Waals surface area contributed by atoms with Crippen molar-refractivity contribution in [1.29, 1.82) is 0 Å². The molecule has 0 fully saturated rings. The number of ketones is 1. The Morgan fingerprint density at radius 3 is 2.70 bits per heavy atom. The number of ether oxygens (including phenoxy) is 2. The van der Waals surface area contributed by atoms with Crippen LogP contribution in [0.3, 0.4) is 0 Å². The number of hydrogen-bond donors (Lipinski definition) is 1. The molecule has 0 aliphatic rings. The Hall–Kier alpha value is -1.39. The molecule has 0 aromatic rings. The molecule has 9 nitrogen and oxygen atoms in total. The normalized spacial score (nSPS) is 11.7. The zero-order chi connectivity index (χ0) is 15.4. The third-order valence-corrected chi connectivity index (χ3v) is 3.08. The number of thioether (sulfide) groups is 1. The first-order valence-corrected chi connectivity index (χ1v) is 6.90. The van der Waals surface area contributed by atoms with Crippen LogP contribution in [0.25, 0.3) is 0 Å². The maximum absolute atomic E-state index is 11.4. The number of nitrogens with two attached hydrogens (primary N) is 1. The molecule has 20 heavy (non-hydrogen) atoms. The minimum absolute atomic E-state index is 0.0656. The van der Waals surface area contributed by atoms with E-state index in [4.69, 9.17) is 10.5 Å². The van der Waals surface area contributed by atoms with Crippen LogP contribution in [0.4, 0.5) is 0 Å². The average Bonchev–Trinajstić information content (AvgIpc) is 2.41. The van der Waals surface area contributed by atoms with E-state index in [0.717, 1.165) is 0 Å². The van der Waals surface area contributed by atoms with Crippen LogP contribution in [0.1, 0.15) is 6.42 Å². The molecule has 0 bridgehead atoms. The maximum atomic E-state index is 11.4. The fourth-order valence-corrected chi connectivity index (χ4v) is 1.87. The van der Waals surface area contributed by atoms with Crippen molar-refractivity contribution in [1.82, 2.24) is 0 Å². The van der Waals surface area contributed by atoms with Gasteiger partial charge in [-0.25, -0.2) is 0 Å². The number of methoxy groups -OCH3 is 1. The molecule has 0 radical (unpaired) electrons. The second-order valence-corrected chi connectivity index (χ2v) is 4.68. The van der Waals surface area contributed by atoms with Crippen LogP contribution in [0, 0.1) is 10.1 Å². The summed E-state index contributed by atoms with van der Waals surface area (Å²) in [7, 11) is 1.24. The van der Waals surface area contributed by atoms with E-state index in [1.54, 1.807) is 0 Å². The summed E-state index contributed by atoms with van der Waals surface area (Å²) in [5, 5.41) is 8.94. The topological polar surface area (TPSA) is 131 Å². The van der Waals surface area contributed by atoms with Gasteiger partial charge in [0.15, 0.2) is 5.78 Å². The number of carbonyl (C=O) groups excluding carboxylic acids is 2. The molecule has 1 atom stereocenters. The Morgan fingerprint density at radius 1 is 1.40 bits per heavy atom. The van der Waals surface area contributed by atoms with E-state index in [1.807, 2.05) is 0 Å². The number of rotatable bonds is 12. The molecule has 0 amide bonds. The minimum Gasteiger partial charge on any atom is -0.468 e. The summed E-state index contributed by atoms with van der Waals surface area (Å²) in [6.07, 6.45) is 0.328. The van der Waals surface area contributed by atoms with Crippen LogP contribution in [0.2, 0.25) is 0 Å². The van der Waals surface area contributed by atoms with E-state index in [2.05, 4.69) is 9.57 Å². The molecule has 0 aromatic heterocycles. The van der Waals surface area contributed by atoms with Crippen molar-refractivity contribution in [2.75, 3.05) is 38.4 Å². The van der Waals surface area contributed by atoms with Gasteiger partial charge in [-0.2, -0.15) is 11.8 Å². The number of esters is 1. The number of hydrogen-bond acceptors (Lipinski definition) is 9. The van der Waals surface area contributed by atoms with Crippen LogP contribution in [0.5, 0.6) is 0 Å². The van der Waals surface area contributed by atoms with E-state index < -0.39 is 17.1 Å². The lowest BCUT2D eigenvalue weighted by molar-refractivity contribution is -0.757. The van der Waals surface area contributed by atoms with Crippen LogP contribution in [-0.2, 0) is 23.9 Å². The Morgan fingerprint density at radius 2 is 2.10 bits per heavy atom. The van der Waals surface area contributed by atoms with Crippen molar-refractivity contribution >= 4 is 23.5 Å². The van der Waals surface area contributed by atoms with E-state index >= 15 is 0 Å². The Kier molecular flexibility index (Phi) is 10.6. The predicted molar refractivity (Wildman–Crippen MR) is 70.7 cm³/mol. The smallest absolute Gasteiger partial charge is 0.323 e. The number of carbonyl (C=O) groups is 2. The number of Topliss-reactive ketones (excluding diaryl/α,β-unsaturated/α-hetero) is 1. The van der Waals surface area contributed by atoms with Crippen molar-refractivity contribution in [2.45, 2.75) is 12.5 Å². The van der Waals surface area contributed by atoms with E-state index in [-0.39, 0.29) is 37.1 Å². The highest BCUT2D eigenvalue weighted by molar-refractivity contribution is 8.00. The largest absolute Gasteiger partial charge is 0.468 e. The van der Waals surface area contributed by atoms with Crippen LogP contribution >= 0.6 is 11.8 Å². The van der Waals surface area contributed by atoms with Gasteiger partial charge in [0.1, 0.15) is 12.6 Å². The van der Waals surface area contributed by atoms with Crippen molar-refractivity contribution in [3.8, 4) is 0 Å². The Labute approximate surface area is 120 Å².